The quantitative estimate of drug-likeness (QED) is 0.498. The monoisotopic (exact) mass is 440 g/mol. The molecule has 150 valence electrons. The van der Waals surface area contributed by atoms with Crippen LogP contribution in [0, 0.1) is 12.7 Å². The number of hydrogen-bond donors (Lipinski definition) is 1. The second kappa shape index (κ2) is 8.17. The van der Waals surface area contributed by atoms with E-state index in [1.165, 1.54) is 46.4 Å². The normalized spacial score (nSPS) is 10.8. The molecule has 0 atom stereocenters. The van der Waals surface area contributed by atoms with Gasteiger partial charge in [-0.15, -0.1) is 11.3 Å². The van der Waals surface area contributed by atoms with E-state index in [0.29, 0.717) is 22.2 Å². The number of aromatic nitrogens is 3. The number of rotatable bonds is 4. The number of aryl methyl sites for hydroxylation is 1. The summed E-state index contributed by atoms with van der Waals surface area (Å²) in [4.78, 5) is 33.7. The van der Waals surface area contributed by atoms with Crippen LogP contribution in [-0.2, 0) is 0 Å². The Morgan fingerprint density at radius 2 is 1.97 bits per heavy atom. The lowest BCUT2D eigenvalue weighted by Crippen LogP contribution is -2.20. The van der Waals surface area contributed by atoms with Gasteiger partial charge in [-0.05, 0) is 43.3 Å². The first-order valence-corrected chi connectivity index (χ1v) is 10.1. The predicted octanol–water partition coefficient (Wildman–Crippen LogP) is 4.71. The molecule has 0 aliphatic heterocycles. The average Bonchev–Trinajstić information content (AvgIpc) is 3.19. The fraction of sp³-hybridized carbons (Fsp3) is 0.0476. The van der Waals surface area contributed by atoms with Gasteiger partial charge in [0, 0.05) is 23.3 Å². The van der Waals surface area contributed by atoms with Gasteiger partial charge in [-0.2, -0.15) is 0 Å². The largest absolute Gasteiger partial charge is 0.298 e. The molecule has 6 nitrogen and oxygen atoms in total. The van der Waals surface area contributed by atoms with Crippen LogP contribution in [0.4, 0.5) is 9.52 Å². The highest BCUT2D eigenvalue weighted by Gasteiger charge is 2.13. The molecular formula is C21H14ClFN4O2S. The Morgan fingerprint density at radius 1 is 1.13 bits per heavy atom. The van der Waals surface area contributed by atoms with Gasteiger partial charge in [0.05, 0.1) is 22.0 Å². The number of amides is 1. The van der Waals surface area contributed by atoms with E-state index in [4.69, 9.17) is 11.6 Å². The molecule has 1 amide bonds. The maximum Gasteiger partial charge on any atom is 0.258 e. The van der Waals surface area contributed by atoms with Crippen molar-refractivity contribution in [3.05, 3.63) is 92.6 Å². The van der Waals surface area contributed by atoms with Gasteiger partial charge in [-0.3, -0.25) is 24.5 Å². The van der Waals surface area contributed by atoms with E-state index in [9.17, 15) is 14.0 Å². The number of carbonyl (C=O) groups excluding carboxylic acids is 1. The first-order chi connectivity index (χ1) is 14.4. The van der Waals surface area contributed by atoms with Crippen LogP contribution in [0.1, 0.15) is 16.1 Å². The van der Waals surface area contributed by atoms with Crippen LogP contribution in [-0.4, -0.2) is 20.4 Å². The van der Waals surface area contributed by atoms with Crippen LogP contribution >= 0.6 is 22.9 Å². The van der Waals surface area contributed by atoms with Gasteiger partial charge in [0.15, 0.2) is 5.13 Å². The van der Waals surface area contributed by atoms with Crippen LogP contribution in [0.2, 0.25) is 5.02 Å². The van der Waals surface area contributed by atoms with E-state index in [0.717, 1.165) is 11.8 Å². The number of thiazole rings is 1. The molecular weight excluding hydrogens is 427 g/mol. The van der Waals surface area contributed by atoms with Gasteiger partial charge in [-0.25, -0.2) is 9.37 Å². The summed E-state index contributed by atoms with van der Waals surface area (Å²) in [6, 6.07) is 12.2. The highest BCUT2D eigenvalue weighted by atomic mass is 35.5. The number of hydrogen-bond acceptors (Lipinski definition) is 5. The van der Waals surface area contributed by atoms with Crippen LogP contribution in [0.5, 0.6) is 0 Å². The predicted molar refractivity (Wildman–Crippen MR) is 115 cm³/mol. The second-order valence-electron chi connectivity index (χ2n) is 6.38. The summed E-state index contributed by atoms with van der Waals surface area (Å²) in [5.41, 5.74) is 2.45. The molecule has 3 aromatic heterocycles. The van der Waals surface area contributed by atoms with Crippen LogP contribution < -0.4 is 10.9 Å². The Morgan fingerprint density at radius 3 is 2.73 bits per heavy atom. The van der Waals surface area contributed by atoms with Gasteiger partial charge in [0.25, 0.3) is 11.5 Å². The molecule has 9 heteroatoms. The first kappa shape index (κ1) is 19.9. The third-order valence-corrected chi connectivity index (χ3v) is 5.28. The van der Waals surface area contributed by atoms with Crippen molar-refractivity contribution < 1.29 is 9.18 Å². The smallest absolute Gasteiger partial charge is 0.258 e. The molecule has 1 aromatic carbocycles. The van der Waals surface area contributed by atoms with E-state index in [1.807, 2.05) is 25.1 Å². The summed E-state index contributed by atoms with van der Waals surface area (Å²) < 4.78 is 14.6. The van der Waals surface area contributed by atoms with Crippen molar-refractivity contribution in [2.75, 3.05) is 5.32 Å². The molecule has 3 heterocycles. The Hall–Kier alpha value is -3.36. The molecule has 1 N–H and O–H groups in total. The highest BCUT2D eigenvalue weighted by molar-refractivity contribution is 7.14. The van der Waals surface area contributed by atoms with Gasteiger partial charge in [0.1, 0.15) is 11.5 Å². The summed E-state index contributed by atoms with van der Waals surface area (Å²) in [5, 5.41) is 4.81. The minimum Gasteiger partial charge on any atom is -0.298 e. The molecule has 0 saturated heterocycles. The number of pyridine rings is 2. The van der Waals surface area contributed by atoms with Crippen molar-refractivity contribution in [3.8, 4) is 17.1 Å². The van der Waals surface area contributed by atoms with Crippen LogP contribution in [0.15, 0.2) is 64.9 Å². The summed E-state index contributed by atoms with van der Waals surface area (Å²) in [6.45, 7) is 1.89. The summed E-state index contributed by atoms with van der Waals surface area (Å²) in [6.07, 6.45) is 1.37. The lowest BCUT2D eigenvalue weighted by Gasteiger charge is -2.09. The Balaban J connectivity index is 1.58. The molecule has 0 fully saturated rings. The lowest BCUT2D eigenvalue weighted by atomic mass is 10.2. The summed E-state index contributed by atoms with van der Waals surface area (Å²) in [5.74, 6) is -1.03. The van der Waals surface area contributed by atoms with Gasteiger partial charge in [-0.1, -0.05) is 17.7 Å². The summed E-state index contributed by atoms with van der Waals surface area (Å²) in [7, 11) is 0. The van der Waals surface area contributed by atoms with E-state index >= 15 is 0 Å². The molecule has 30 heavy (non-hydrogen) atoms. The zero-order chi connectivity index (χ0) is 21.3. The van der Waals surface area contributed by atoms with Gasteiger partial charge >= 0.3 is 0 Å². The topological polar surface area (TPSA) is 76.9 Å². The van der Waals surface area contributed by atoms with E-state index in [-0.39, 0.29) is 16.1 Å². The highest BCUT2D eigenvalue weighted by Crippen LogP contribution is 2.24. The van der Waals surface area contributed by atoms with E-state index in [1.54, 1.807) is 5.38 Å². The Kier molecular flexibility index (Phi) is 5.43. The molecule has 0 aliphatic rings. The maximum absolute atomic E-state index is 13.4. The van der Waals surface area contributed by atoms with E-state index in [2.05, 4.69) is 15.3 Å². The number of carbonyl (C=O) groups is 1. The lowest BCUT2D eigenvalue weighted by molar-refractivity contribution is 0.102. The van der Waals surface area contributed by atoms with Crippen molar-refractivity contribution in [3.63, 3.8) is 0 Å². The second-order valence-corrected chi connectivity index (χ2v) is 7.65. The number of nitrogens with zero attached hydrogens (tertiary/aromatic N) is 3. The number of anilines is 1. The zero-order valence-electron chi connectivity index (χ0n) is 15.6. The maximum atomic E-state index is 13.4. The molecule has 4 rings (SSSR count). The summed E-state index contributed by atoms with van der Waals surface area (Å²) >= 11 is 7.08. The molecule has 0 saturated carbocycles. The number of benzene rings is 1. The Labute approximate surface area is 179 Å². The number of halogens is 2. The third kappa shape index (κ3) is 4.14. The van der Waals surface area contributed by atoms with Crippen molar-refractivity contribution in [2.24, 2.45) is 0 Å². The molecule has 0 spiro atoms. The minimum absolute atomic E-state index is 0.116. The standard InChI is InChI=1S/C21H14ClFN4O2S/c1-12-3-2-4-17(24-12)18-11-30-21(25-18)26-20(29)13-5-8-19(28)27(10-13)14-6-7-16(23)15(22)9-14/h2-11H,1H3,(H,25,26,29). The van der Waals surface area contributed by atoms with Crippen molar-refractivity contribution in [1.82, 2.24) is 14.5 Å². The first-order valence-electron chi connectivity index (χ1n) is 8.80. The molecule has 0 unspecified atom stereocenters. The minimum atomic E-state index is -0.593. The zero-order valence-corrected chi connectivity index (χ0v) is 17.2. The van der Waals surface area contributed by atoms with E-state index < -0.39 is 11.7 Å². The SMILES string of the molecule is Cc1cccc(-c2csc(NC(=O)c3ccc(=O)n(-c4ccc(F)c(Cl)c4)c3)n2)n1. The Bertz CT molecular complexity index is 1320. The van der Waals surface area contributed by atoms with Crippen molar-refractivity contribution in [2.45, 2.75) is 6.92 Å². The molecule has 0 radical (unpaired) electrons. The molecule has 0 bridgehead atoms. The fourth-order valence-corrected chi connectivity index (χ4v) is 3.64. The van der Waals surface area contributed by atoms with Crippen LogP contribution in [0.3, 0.4) is 0 Å². The van der Waals surface area contributed by atoms with Gasteiger partial charge < -0.3 is 0 Å². The fourth-order valence-electron chi connectivity index (χ4n) is 2.76. The number of nitrogens with one attached hydrogen (secondary N) is 1. The van der Waals surface area contributed by atoms with Crippen molar-refractivity contribution >= 4 is 34.0 Å². The van der Waals surface area contributed by atoms with Crippen LogP contribution in [0.25, 0.3) is 17.1 Å². The molecule has 4 aromatic rings. The average molecular weight is 441 g/mol. The van der Waals surface area contributed by atoms with Gasteiger partial charge in [0.2, 0.25) is 0 Å². The molecule has 0 aliphatic carbocycles. The van der Waals surface area contributed by atoms with Crippen molar-refractivity contribution in [1.29, 1.82) is 0 Å². The third-order valence-electron chi connectivity index (χ3n) is 4.23.